The predicted octanol–water partition coefficient (Wildman–Crippen LogP) is 5.65. The van der Waals surface area contributed by atoms with E-state index in [1.807, 2.05) is 60.7 Å². The summed E-state index contributed by atoms with van der Waals surface area (Å²) in [6.07, 6.45) is 6.07. The van der Waals surface area contributed by atoms with Gasteiger partial charge in [-0.05, 0) is 123 Å². The molecule has 5 heterocycles. The molecule has 2 fully saturated rings. The van der Waals surface area contributed by atoms with Gasteiger partial charge in [0.25, 0.3) is 0 Å². The largest absolute Gasteiger partial charge is 0.494 e. The van der Waals surface area contributed by atoms with E-state index in [1.165, 1.54) is 6.07 Å². The van der Waals surface area contributed by atoms with E-state index >= 15 is 0 Å². The van der Waals surface area contributed by atoms with Crippen LogP contribution >= 0.6 is 0 Å². The van der Waals surface area contributed by atoms with Crippen LogP contribution in [0, 0.1) is 0 Å². The Balaban J connectivity index is 0.705. The number of rotatable bonds is 19. The molecule has 1 atom stereocenters. The minimum absolute atomic E-state index is 0.0602. The fraction of sp³-hybridized carbons (Fsp3) is 0.426. The summed E-state index contributed by atoms with van der Waals surface area (Å²) in [5.41, 5.74) is 3.08. The molecule has 0 saturated carbocycles. The highest BCUT2D eigenvalue weighted by Crippen LogP contribution is 2.27. The molecule has 316 valence electrons. The molecule has 60 heavy (non-hydrogen) atoms. The zero-order valence-electron chi connectivity index (χ0n) is 34.4. The van der Waals surface area contributed by atoms with Crippen LogP contribution in [0.4, 0.5) is 0 Å². The monoisotopic (exact) mass is 815 g/mol. The van der Waals surface area contributed by atoms with E-state index in [0.29, 0.717) is 19.8 Å². The number of H-pyrrole nitrogens is 3. The van der Waals surface area contributed by atoms with Crippen LogP contribution in [-0.4, -0.2) is 115 Å². The van der Waals surface area contributed by atoms with Crippen LogP contribution in [0.25, 0.3) is 32.7 Å². The molecule has 2 saturated heterocycles. The molecule has 0 aliphatic carbocycles. The van der Waals surface area contributed by atoms with Crippen molar-refractivity contribution in [2.75, 3.05) is 85.3 Å². The molecule has 2 aliphatic heterocycles. The zero-order valence-corrected chi connectivity index (χ0v) is 34.4. The van der Waals surface area contributed by atoms with E-state index in [4.69, 9.17) is 14.2 Å². The van der Waals surface area contributed by atoms with Gasteiger partial charge >= 0.3 is 0 Å². The Morgan fingerprint density at radius 1 is 0.483 bits per heavy atom. The van der Waals surface area contributed by atoms with Gasteiger partial charge in [-0.1, -0.05) is 0 Å². The Bertz CT molecular complexity index is 2530. The van der Waals surface area contributed by atoms with E-state index in [0.717, 1.165) is 159 Å². The molecule has 8 rings (SSSR count). The number of fused-ring (bicyclic) bond motifs is 3. The average molecular weight is 816 g/mol. The molecule has 13 heteroatoms. The van der Waals surface area contributed by atoms with Crippen molar-refractivity contribution in [2.24, 2.45) is 0 Å². The molecule has 0 radical (unpaired) electrons. The van der Waals surface area contributed by atoms with E-state index < -0.39 is 0 Å². The van der Waals surface area contributed by atoms with Crippen molar-refractivity contribution in [1.82, 2.24) is 35.0 Å². The van der Waals surface area contributed by atoms with Crippen molar-refractivity contribution < 1.29 is 14.2 Å². The first-order valence-corrected chi connectivity index (χ1v) is 21.6. The third-order valence-corrected chi connectivity index (χ3v) is 11.8. The number of pyridine rings is 3. The fourth-order valence-electron chi connectivity index (χ4n) is 8.42. The summed E-state index contributed by atoms with van der Waals surface area (Å²) in [6.45, 7) is 12.1. The molecular weight excluding hydrogens is 759 g/mol. The molecule has 3 aromatic carbocycles. The van der Waals surface area contributed by atoms with E-state index in [2.05, 4.69) is 41.0 Å². The lowest BCUT2D eigenvalue weighted by Gasteiger charge is -2.34. The number of unbranched alkanes of at least 4 members (excludes halogenated alkanes) is 3. The molecule has 0 bridgehead atoms. The number of aromatic nitrogens is 3. The molecule has 0 spiro atoms. The molecule has 13 nitrogen and oxygen atoms in total. The molecule has 6 aromatic rings. The van der Waals surface area contributed by atoms with E-state index in [9.17, 15) is 14.4 Å². The van der Waals surface area contributed by atoms with Crippen LogP contribution in [0.15, 0.2) is 99.3 Å². The van der Waals surface area contributed by atoms with Gasteiger partial charge in [0.2, 0.25) is 16.7 Å². The van der Waals surface area contributed by atoms with Gasteiger partial charge in [0.05, 0.1) is 36.4 Å². The van der Waals surface area contributed by atoms with Gasteiger partial charge in [0, 0.05) is 93.6 Å². The summed E-state index contributed by atoms with van der Waals surface area (Å²) in [4.78, 5) is 52.5. The Kier molecular flexibility index (Phi) is 13.9. The normalized spacial score (nSPS) is 16.8. The first-order chi connectivity index (χ1) is 29.4. The number of hydrogen-bond acceptors (Lipinski definition) is 10. The van der Waals surface area contributed by atoms with E-state index in [-0.39, 0.29) is 22.7 Å². The summed E-state index contributed by atoms with van der Waals surface area (Å²) >= 11 is 0. The number of piperazine rings is 2. The summed E-state index contributed by atoms with van der Waals surface area (Å²) in [5.74, 6) is 2.33. The standard InChI is InChI=1S/C47H57N7O6/c55-45-15-9-34-7-11-36(29-41(34)49-45)58-26-4-1-18-52-22-24-53(25-23-52)19-2-5-27-60-38-13-14-39-40(32-47(57)51-43(39)31-38)44-33-54(21-17-48-44)20-3-6-28-59-37-12-8-35-10-16-46(56)50-42(35)30-37/h7-16,29-32,44,48H,1-6,17-28,33H2,(H,49,55)(H,50,56)(H,51,57). The Morgan fingerprint density at radius 2 is 0.950 bits per heavy atom. The highest BCUT2D eigenvalue weighted by atomic mass is 16.5. The number of aromatic amines is 3. The molecule has 1 unspecified atom stereocenters. The highest BCUT2D eigenvalue weighted by molar-refractivity contribution is 5.84. The minimum Gasteiger partial charge on any atom is -0.494 e. The van der Waals surface area contributed by atoms with Crippen molar-refractivity contribution >= 4 is 32.7 Å². The van der Waals surface area contributed by atoms with Crippen molar-refractivity contribution in [2.45, 2.75) is 44.6 Å². The second-order valence-electron chi connectivity index (χ2n) is 16.1. The first kappa shape index (κ1) is 41.3. The lowest BCUT2D eigenvalue weighted by molar-refractivity contribution is 0.126. The SMILES string of the molecule is O=c1ccc2ccc(OCCCCN3CCN(CCCCOc4ccc5c(C6CN(CCCCOc7ccc8ccc(=O)[nH]c8c7)CCN6)cc(=O)[nH]c5c4)CC3)cc2[nH]1. The van der Waals surface area contributed by atoms with Gasteiger partial charge in [-0.15, -0.1) is 0 Å². The van der Waals surface area contributed by atoms with Crippen LogP contribution in [0.1, 0.15) is 50.1 Å². The number of ether oxygens (including phenoxy) is 3. The smallest absolute Gasteiger partial charge is 0.248 e. The molecule has 0 amide bonds. The summed E-state index contributed by atoms with van der Waals surface area (Å²) in [5, 5.41) is 6.67. The maximum atomic E-state index is 12.8. The van der Waals surface area contributed by atoms with Crippen LogP contribution in [0.3, 0.4) is 0 Å². The van der Waals surface area contributed by atoms with Crippen LogP contribution < -0.4 is 36.2 Å². The summed E-state index contributed by atoms with van der Waals surface area (Å²) < 4.78 is 18.1. The van der Waals surface area contributed by atoms with Gasteiger partial charge in [0.1, 0.15) is 17.2 Å². The summed E-state index contributed by atoms with van der Waals surface area (Å²) in [7, 11) is 0. The summed E-state index contributed by atoms with van der Waals surface area (Å²) in [6, 6.07) is 26.2. The van der Waals surface area contributed by atoms with Crippen LogP contribution in [-0.2, 0) is 0 Å². The number of benzene rings is 3. The molecular formula is C47H57N7O6. The Hall–Kier alpha value is -5.47. The lowest BCUT2D eigenvalue weighted by atomic mass is 9.99. The highest BCUT2D eigenvalue weighted by Gasteiger charge is 2.23. The minimum atomic E-state index is -0.118. The average Bonchev–Trinajstić information content (AvgIpc) is 3.26. The molecule has 2 aliphatic rings. The van der Waals surface area contributed by atoms with Gasteiger partial charge in [-0.2, -0.15) is 0 Å². The molecule has 4 N–H and O–H groups in total. The van der Waals surface area contributed by atoms with Crippen LogP contribution in [0.5, 0.6) is 17.2 Å². The van der Waals surface area contributed by atoms with Crippen molar-refractivity contribution in [1.29, 1.82) is 0 Å². The van der Waals surface area contributed by atoms with Gasteiger partial charge in [-0.3, -0.25) is 14.4 Å². The topological polar surface area (TPSA) is 148 Å². The van der Waals surface area contributed by atoms with E-state index in [1.54, 1.807) is 12.1 Å². The lowest BCUT2D eigenvalue weighted by Crippen LogP contribution is -2.46. The van der Waals surface area contributed by atoms with Crippen molar-refractivity contribution in [3.8, 4) is 17.2 Å². The van der Waals surface area contributed by atoms with Gasteiger partial charge < -0.3 is 49.2 Å². The predicted molar refractivity (Wildman–Crippen MR) is 238 cm³/mol. The van der Waals surface area contributed by atoms with Gasteiger partial charge in [0.15, 0.2) is 0 Å². The number of nitrogens with one attached hydrogen (secondary N) is 4. The number of nitrogens with zero attached hydrogens (tertiary/aromatic N) is 3. The fourth-order valence-corrected chi connectivity index (χ4v) is 8.42. The second-order valence-corrected chi connectivity index (χ2v) is 16.1. The van der Waals surface area contributed by atoms with Gasteiger partial charge in [-0.25, -0.2) is 0 Å². The van der Waals surface area contributed by atoms with Crippen LogP contribution in [0.2, 0.25) is 0 Å². The quantitative estimate of drug-likeness (QED) is 0.0757. The maximum absolute atomic E-state index is 12.8. The number of hydrogen-bond donors (Lipinski definition) is 4. The first-order valence-electron chi connectivity index (χ1n) is 21.6. The van der Waals surface area contributed by atoms with Crippen molar-refractivity contribution in [3.63, 3.8) is 0 Å². The second kappa shape index (κ2) is 20.2. The zero-order chi connectivity index (χ0) is 41.1. The Morgan fingerprint density at radius 3 is 1.50 bits per heavy atom. The third kappa shape index (κ3) is 11.2. The van der Waals surface area contributed by atoms with Crippen molar-refractivity contribution in [3.05, 3.63) is 122 Å². The third-order valence-electron chi connectivity index (χ3n) is 11.8. The maximum Gasteiger partial charge on any atom is 0.248 e. The molecule has 3 aromatic heterocycles. The Labute approximate surface area is 349 Å².